The molecule has 2 saturated heterocycles. The van der Waals surface area contributed by atoms with E-state index in [1.807, 2.05) is 0 Å². The third kappa shape index (κ3) is 1.76. The lowest BCUT2D eigenvalue weighted by molar-refractivity contribution is 0.113. The third-order valence-electron chi connectivity index (χ3n) is 3.86. The largest absolute Gasteiger partial charge is 0.403 e. The number of nitrogens with zero attached hydrogens (tertiary/aromatic N) is 2. The highest BCUT2D eigenvalue weighted by Gasteiger charge is 2.37. The lowest BCUT2D eigenvalue weighted by Crippen LogP contribution is -2.52. The summed E-state index contributed by atoms with van der Waals surface area (Å²) in [5.74, 6) is 5.41. The first-order valence-corrected chi connectivity index (χ1v) is 5.72. The Bertz CT molecular complexity index is 297. The lowest BCUT2D eigenvalue weighted by Gasteiger charge is -2.41. The van der Waals surface area contributed by atoms with Crippen molar-refractivity contribution in [2.24, 2.45) is 11.6 Å². The van der Waals surface area contributed by atoms with Crippen molar-refractivity contribution in [1.82, 2.24) is 15.2 Å². The molecular formula is C11H21N5. The quantitative estimate of drug-likeness (QED) is 0.343. The van der Waals surface area contributed by atoms with Crippen molar-refractivity contribution in [1.29, 1.82) is 0 Å². The summed E-state index contributed by atoms with van der Waals surface area (Å²) < 4.78 is 0. The predicted octanol–water partition coefficient (Wildman–Crippen LogP) is -0.458. The van der Waals surface area contributed by atoms with Crippen molar-refractivity contribution in [3.05, 3.63) is 24.2 Å². The van der Waals surface area contributed by atoms with Gasteiger partial charge in [-0.2, -0.15) is 0 Å². The number of hydrogen-bond donors (Lipinski definition) is 3. The molecule has 2 unspecified atom stereocenters. The maximum atomic E-state index is 5.50. The van der Waals surface area contributed by atoms with Gasteiger partial charge in [0.1, 0.15) is 0 Å². The first-order chi connectivity index (χ1) is 7.67. The summed E-state index contributed by atoms with van der Waals surface area (Å²) in [5.41, 5.74) is 9.70. The highest BCUT2D eigenvalue weighted by atomic mass is 15.3. The molecule has 90 valence electrons. The van der Waals surface area contributed by atoms with E-state index in [9.17, 15) is 0 Å². The van der Waals surface area contributed by atoms with E-state index < -0.39 is 0 Å². The summed E-state index contributed by atoms with van der Waals surface area (Å²) in [7, 11) is 2.21. The average Bonchev–Trinajstić information content (AvgIpc) is 2.54. The van der Waals surface area contributed by atoms with E-state index >= 15 is 0 Å². The topological polar surface area (TPSA) is 70.5 Å². The summed E-state index contributed by atoms with van der Waals surface area (Å²) in [5, 5.41) is 0. The van der Waals surface area contributed by atoms with Gasteiger partial charge in [0.15, 0.2) is 0 Å². The Morgan fingerprint density at radius 2 is 1.94 bits per heavy atom. The Morgan fingerprint density at radius 1 is 1.38 bits per heavy atom. The molecule has 16 heavy (non-hydrogen) atoms. The number of hydrogen-bond acceptors (Lipinski definition) is 5. The minimum atomic E-state index is 0.646. The summed E-state index contributed by atoms with van der Waals surface area (Å²) in [4.78, 5) is 4.76. The molecule has 0 aromatic rings. The van der Waals surface area contributed by atoms with E-state index in [2.05, 4.69) is 28.9 Å². The zero-order valence-electron chi connectivity index (χ0n) is 9.82. The van der Waals surface area contributed by atoms with Gasteiger partial charge in [0, 0.05) is 31.4 Å². The van der Waals surface area contributed by atoms with Crippen molar-refractivity contribution in [2.75, 3.05) is 20.1 Å². The monoisotopic (exact) mass is 223 g/mol. The summed E-state index contributed by atoms with van der Waals surface area (Å²) in [6.07, 6.45) is 4.04. The van der Waals surface area contributed by atoms with Gasteiger partial charge in [0.25, 0.3) is 0 Å². The van der Waals surface area contributed by atoms with Crippen molar-refractivity contribution in [2.45, 2.75) is 24.9 Å². The summed E-state index contributed by atoms with van der Waals surface area (Å²) in [6.45, 7) is 6.10. The Balaban J connectivity index is 2.05. The van der Waals surface area contributed by atoms with E-state index in [1.165, 1.54) is 19.0 Å². The molecule has 0 spiro atoms. The first kappa shape index (κ1) is 11.3. The van der Waals surface area contributed by atoms with Crippen molar-refractivity contribution in [3.8, 4) is 0 Å². The van der Waals surface area contributed by atoms with Crippen LogP contribution >= 0.6 is 0 Å². The molecule has 0 aliphatic carbocycles. The molecule has 0 amide bonds. The van der Waals surface area contributed by atoms with Gasteiger partial charge in [-0.15, -0.1) is 0 Å². The smallest absolute Gasteiger partial charge is 0.0871 e. The molecule has 2 bridgehead atoms. The number of rotatable bonds is 3. The lowest BCUT2D eigenvalue weighted by atomic mass is 10.2. The number of likely N-dealkylation sites (N-methyl/N-ethyl adjacent to an activating group) is 1. The van der Waals surface area contributed by atoms with E-state index in [4.69, 9.17) is 11.6 Å². The second-order valence-corrected chi connectivity index (χ2v) is 4.63. The van der Waals surface area contributed by atoms with Crippen LogP contribution in [-0.4, -0.2) is 42.0 Å². The molecule has 2 rings (SSSR count). The number of nitrogens with two attached hydrogens (primary N) is 2. The van der Waals surface area contributed by atoms with Crippen LogP contribution in [0.2, 0.25) is 0 Å². The van der Waals surface area contributed by atoms with Crippen LogP contribution in [0.3, 0.4) is 0 Å². The molecule has 2 aliphatic heterocycles. The predicted molar refractivity (Wildman–Crippen MR) is 64.9 cm³/mol. The summed E-state index contributed by atoms with van der Waals surface area (Å²) >= 11 is 0. The zero-order valence-corrected chi connectivity index (χ0v) is 9.82. The normalized spacial score (nSPS) is 30.6. The first-order valence-electron chi connectivity index (χ1n) is 5.72. The van der Waals surface area contributed by atoms with Gasteiger partial charge in [-0.3, -0.25) is 10.7 Å². The molecule has 2 atom stereocenters. The molecule has 0 radical (unpaired) electrons. The number of hydrazine groups is 1. The van der Waals surface area contributed by atoms with Crippen molar-refractivity contribution >= 4 is 0 Å². The van der Waals surface area contributed by atoms with Gasteiger partial charge in [0.2, 0.25) is 0 Å². The van der Waals surface area contributed by atoms with E-state index in [0.29, 0.717) is 17.8 Å². The highest BCUT2D eigenvalue weighted by molar-refractivity contribution is 5.25. The maximum Gasteiger partial charge on any atom is 0.0871 e. The highest BCUT2D eigenvalue weighted by Crippen LogP contribution is 2.30. The maximum absolute atomic E-state index is 5.50. The minimum Gasteiger partial charge on any atom is -0.403 e. The van der Waals surface area contributed by atoms with E-state index in [1.54, 1.807) is 0 Å². The van der Waals surface area contributed by atoms with Crippen LogP contribution in [0.5, 0.6) is 0 Å². The van der Waals surface area contributed by atoms with Gasteiger partial charge in [-0.25, -0.2) is 0 Å². The van der Waals surface area contributed by atoms with Gasteiger partial charge in [0.05, 0.1) is 11.4 Å². The van der Waals surface area contributed by atoms with Gasteiger partial charge in [-0.05, 0) is 19.9 Å². The molecule has 5 heteroatoms. The van der Waals surface area contributed by atoms with Crippen molar-refractivity contribution in [3.63, 3.8) is 0 Å². The fourth-order valence-corrected chi connectivity index (χ4v) is 2.73. The van der Waals surface area contributed by atoms with Crippen molar-refractivity contribution < 1.29 is 0 Å². The SMILES string of the molecule is C=C(/C(=C/N)NN)N1CC2CCC(C1)N2C. The Kier molecular flexibility index (Phi) is 3.07. The van der Waals surface area contributed by atoms with Crippen LogP contribution in [0, 0.1) is 0 Å². The fraction of sp³-hybridized carbons (Fsp3) is 0.636. The Morgan fingerprint density at radius 3 is 2.38 bits per heavy atom. The molecular weight excluding hydrogens is 202 g/mol. The molecule has 0 saturated carbocycles. The summed E-state index contributed by atoms with van der Waals surface area (Å²) in [6, 6.07) is 1.29. The van der Waals surface area contributed by atoms with Gasteiger partial charge < -0.3 is 16.1 Å². The molecule has 0 aromatic carbocycles. The fourth-order valence-electron chi connectivity index (χ4n) is 2.73. The molecule has 5 N–H and O–H groups in total. The standard InChI is InChI=1S/C11H21N5/c1-8(11(5-12)14-13)16-6-9-3-4-10(7-16)15(9)2/h5,9-10,14H,1,3-4,6-7,12-13H2,2H3/b11-5-. The molecule has 0 aromatic heterocycles. The average molecular weight is 223 g/mol. The Hall–Kier alpha value is -1.20. The molecule has 2 heterocycles. The van der Waals surface area contributed by atoms with Crippen LogP contribution in [0.1, 0.15) is 12.8 Å². The second-order valence-electron chi connectivity index (χ2n) is 4.63. The minimum absolute atomic E-state index is 0.646. The number of likely N-dealkylation sites (tertiary alicyclic amines) is 1. The molecule has 5 nitrogen and oxygen atoms in total. The Labute approximate surface area is 96.7 Å². The van der Waals surface area contributed by atoms with Gasteiger partial charge >= 0.3 is 0 Å². The van der Waals surface area contributed by atoms with Gasteiger partial charge in [-0.1, -0.05) is 6.58 Å². The van der Waals surface area contributed by atoms with Crippen LogP contribution in [0.25, 0.3) is 0 Å². The van der Waals surface area contributed by atoms with Crippen LogP contribution in [0.4, 0.5) is 0 Å². The number of piperazine rings is 1. The second kappa shape index (κ2) is 4.35. The number of fused-ring (bicyclic) bond motifs is 2. The van der Waals surface area contributed by atoms with E-state index in [-0.39, 0.29) is 0 Å². The van der Waals surface area contributed by atoms with Crippen LogP contribution < -0.4 is 17.0 Å². The third-order valence-corrected chi connectivity index (χ3v) is 3.86. The number of nitrogens with one attached hydrogen (secondary N) is 1. The zero-order chi connectivity index (χ0) is 11.7. The molecule has 2 aliphatic rings. The molecule has 2 fully saturated rings. The van der Waals surface area contributed by atoms with E-state index in [0.717, 1.165) is 18.8 Å². The van der Waals surface area contributed by atoms with Crippen LogP contribution in [-0.2, 0) is 0 Å². The van der Waals surface area contributed by atoms with Crippen LogP contribution in [0.15, 0.2) is 24.2 Å².